The lowest BCUT2D eigenvalue weighted by atomic mass is 9.93. The highest BCUT2D eigenvalue weighted by molar-refractivity contribution is 5.79. The van der Waals surface area contributed by atoms with E-state index in [-0.39, 0.29) is 12.4 Å². The SMILES string of the molecule is C=C(C)c1cc(-c2ccc(C)cc2CN2C(=O)O[C@H](c3cc(C)cc(C(F)(F)F)c3)[C@@H]2C)ccc1F.Cc1cc([C@H]2OC(=O)N(Cc3cc(C)ccc3-c3cc[nH]c3)[C@H]2C)cc(C(F)(F)F)c1.Cc1cc([C@H]2OC(=O)N(Cc3cc(C)ccc3-c3cccc(C(C)C)c3)[C@H]2C)cc(C(F)(F)F)c1.Cc1cc([C@H]2OC(=O)N(Cc3cc(C)ccc3-c3ccn(C(C)C)c3)[C@H]2C)cc(C(F)(F)F)c1. The van der Waals surface area contributed by atoms with E-state index in [1.807, 2.05) is 139 Å². The number of hydrogen-bond donors (Lipinski definition) is 1. The zero-order valence-electron chi connectivity index (χ0n) is 78.6. The third-order valence-corrected chi connectivity index (χ3v) is 25.1. The fourth-order valence-electron chi connectivity index (χ4n) is 17.9. The first-order chi connectivity index (χ1) is 63.8. The van der Waals surface area contributed by atoms with E-state index in [4.69, 9.17) is 18.9 Å². The number of benzene rings is 10. The van der Waals surface area contributed by atoms with Gasteiger partial charge in [0, 0.05) is 36.4 Å². The second-order valence-corrected chi connectivity index (χ2v) is 36.7. The molecule has 714 valence electrons. The average molecular weight is 1880 g/mol. The molecule has 16 rings (SSSR count). The van der Waals surface area contributed by atoms with Gasteiger partial charge in [0.05, 0.1) is 72.6 Å². The lowest BCUT2D eigenvalue weighted by molar-refractivity contribution is -0.138. The van der Waals surface area contributed by atoms with Crippen molar-refractivity contribution in [2.75, 3.05) is 0 Å². The Kier molecular flexibility index (Phi) is 29.7. The van der Waals surface area contributed by atoms with Gasteiger partial charge in [-0.3, -0.25) is 19.6 Å². The molecular formula is C109H109F13N6O8. The summed E-state index contributed by atoms with van der Waals surface area (Å²) >= 11 is 0. The molecule has 4 amide bonds. The number of amides is 4. The van der Waals surface area contributed by atoms with Crippen molar-refractivity contribution in [3.05, 3.63) is 360 Å². The van der Waals surface area contributed by atoms with Gasteiger partial charge in [0.1, 0.15) is 30.2 Å². The van der Waals surface area contributed by atoms with Crippen LogP contribution in [0, 0.1) is 61.2 Å². The highest BCUT2D eigenvalue weighted by Crippen LogP contribution is 2.46. The Bertz CT molecular complexity index is 6450. The van der Waals surface area contributed by atoms with Gasteiger partial charge in [-0.15, -0.1) is 0 Å². The lowest BCUT2D eigenvalue weighted by Crippen LogP contribution is -2.31. The van der Waals surface area contributed by atoms with E-state index in [1.165, 1.54) is 16.5 Å². The molecule has 2 aromatic heterocycles. The highest BCUT2D eigenvalue weighted by Gasteiger charge is 2.47. The molecule has 6 heterocycles. The van der Waals surface area contributed by atoms with E-state index < -0.39 is 120 Å². The number of nitrogens with zero attached hydrogens (tertiary/aromatic N) is 5. The molecule has 14 nitrogen and oxygen atoms in total. The van der Waals surface area contributed by atoms with E-state index in [1.54, 1.807) is 99.6 Å². The number of halogens is 13. The molecule has 8 atom stereocenters. The predicted molar refractivity (Wildman–Crippen MR) is 500 cm³/mol. The highest BCUT2D eigenvalue weighted by atomic mass is 19.4. The van der Waals surface area contributed by atoms with Gasteiger partial charge < -0.3 is 28.5 Å². The Hall–Kier alpha value is -13.3. The average Bonchev–Trinajstić information content (AvgIpc) is 1.65. The summed E-state index contributed by atoms with van der Waals surface area (Å²) < 4.78 is 199. The van der Waals surface area contributed by atoms with Crippen LogP contribution in [0.25, 0.3) is 50.1 Å². The monoisotopic (exact) mass is 1880 g/mol. The van der Waals surface area contributed by atoms with Gasteiger partial charge in [0.25, 0.3) is 0 Å². The molecule has 0 aliphatic carbocycles. The van der Waals surface area contributed by atoms with Crippen LogP contribution in [0.5, 0.6) is 0 Å². The molecule has 0 spiro atoms. The first-order valence-electron chi connectivity index (χ1n) is 44.8. The van der Waals surface area contributed by atoms with Gasteiger partial charge in [0.15, 0.2) is 0 Å². The third-order valence-electron chi connectivity index (χ3n) is 25.1. The molecule has 12 aromatic rings. The number of ether oxygens (including phenoxy) is 4. The van der Waals surface area contributed by atoms with E-state index in [9.17, 15) is 76.3 Å². The smallest absolute Gasteiger partial charge is 0.416 e. The summed E-state index contributed by atoms with van der Waals surface area (Å²) in [6, 6.07) is 55.0. The maximum Gasteiger partial charge on any atom is 0.416 e. The number of allylic oxidation sites excluding steroid dienone is 1. The Labute approximate surface area is 783 Å². The van der Waals surface area contributed by atoms with Crippen molar-refractivity contribution in [1.29, 1.82) is 0 Å². The Morgan fingerprint density at radius 1 is 0.368 bits per heavy atom. The van der Waals surface area contributed by atoms with E-state index in [0.29, 0.717) is 87.2 Å². The minimum atomic E-state index is -4.50. The molecule has 0 unspecified atom stereocenters. The molecule has 4 saturated heterocycles. The van der Waals surface area contributed by atoms with E-state index >= 15 is 0 Å². The third kappa shape index (κ3) is 23.1. The number of aromatic nitrogens is 2. The molecule has 27 heteroatoms. The van der Waals surface area contributed by atoms with Crippen LogP contribution < -0.4 is 0 Å². The molecule has 10 aromatic carbocycles. The fourth-order valence-corrected chi connectivity index (χ4v) is 17.9. The number of aryl methyl sites for hydroxylation is 8. The zero-order chi connectivity index (χ0) is 99.0. The van der Waals surface area contributed by atoms with Crippen LogP contribution in [0.3, 0.4) is 0 Å². The number of nitrogens with one attached hydrogen (secondary N) is 1. The first kappa shape index (κ1) is 100. The molecule has 0 bridgehead atoms. The first-order valence-corrected chi connectivity index (χ1v) is 44.8. The topological polar surface area (TPSA) is 139 Å². The van der Waals surface area contributed by atoms with E-state index in [2.05, 4.69) is 80.4 Å². The van der Waals surface area contributed by atoms with Crippen molar-refractivity contribution in [1.82, 2.24) is 29.2 Å². The van der Waals surface area contributed by atoms with Gasteiger partial charge in [-0.05, 0) is 283 Å². The summed E-state index contributed by atoms with van der Waals surface area (Å²) in [5.74, 6) is 0.0185. The standard InChI is InChI=1S/C29H27F4NO2.C29H30F3NO2.C27H29F3N2O2.C24H23F3N2O2/c1-16(2)25-14-20(7-9-26(25)30)24-8-6-17(3)10-22(24)15-34-19(5)27(36-28(34)35)21-11-18(4)12-23(13-21)29(31,32)33;1-17(2)21-7-6-8-22(14-21)26-10-9-18(3)11-24(26)16-33-20(5)27(35-28(33)34)23-12-19(4)13-25(15-23)29(30,31)32;1-16(2)31-9-8-20(14-31)24-7-6-17(3)10-22(24)15-32-19(5)25(34-26(32)33)21-11-18(4)12-23(13-21)27(28,29)30;1-14-4-5-21(17-6-7-28-12-17)19(8-14)13-29-16(3)22(31-23(29)30)18-9-15(2)10-20(11-18)24(25,26)27/h6-14,19,27H,1,15H2,2-5H3;6-15,17,20,27H,16H2,1-5H3;6-14,16,19,25H,15H2,1-5H3;4-12,16,22,28H,13H2,1-3H3/t19-,27-;20-,27-;19-,25-;16-,22-/m0000/s1. The van der Waals surface area contributed by atoms with Crippen LogP contribution in [0.2, 0.25) is 0 Å². The Morgan fingerprint density at radius 3 is 0.971 bits per heavy atom. The summed E-state index contributed by atoms with van der Waals surface area (Å²) in [6.45, 7) is 36.7. The lowest BCUT2D eigenvalue weighted by Gasteiger charge is -2.23. The number of carbonyl (C=O) groups excluding carboxylic acids is 4. The quantitative estimate of drug-likeness (QED) is 0.0624. The second-order valence-electron chi connectivity index (χ2n) is 36.7. The number of aromatic amines is 1. The molecule has 4 fully saturated rings. The molecule has 4 aliphatic rings. The Balaban J connectivity index is 0.000000154. The van der Waals surface area contributed by atoms with Crippen LogP contribution in [-0.2, 0) is 69.8 Å². The summed E-state index contributed by atoms with van der Waals surface area (Å²) in [4.78, 5) is 60.6. The zero-order valence-corrected chi connectivity index (χ0v) is 78.6. The number of alkyl halides is 12. The minimum Gasteiger partial charge on any atom is -0.439 e. The molecule has 0 radical (unpaired) electrons. The maximum atomic E-state index is 14.3. The number of rotatable bonds is 19. The van der Waals surface area contributed by atoms with Gasteiger partial charge >= 0.3 is 49.1 Å². The molecule has 1 N–H and O–H groups in total. The number of H-pyrrole nitrogens is 1. The van der Waals surface area contributed by atoms with Crippen LogP contribution in [0.1, 0.15) is 221 Å². The van der Waals surface area contributed by atoms with Crippen molar-refractivity contribution >= 4 is 29.9 Å². The summed E-state index contributed by atoms with van der Waals surface area (Å²) in [5, 5.41) is 0. The van der Waals surface area contributed by atoms with Crippen molar-refractivity contribution < 1.29 is 95.2 Å². The van der Waals surface area contributed by atoms with Crippen molar-refractivity contribution in [2.45, 2.75) is 229 Å². The maximum absolute atomic E-state index is 14.3. The number of hydrogen-bond acceptors (Lipinski definition) is 8. The predicted octanol–water partition coefficient (Wildman–Crippen LogP) is 30.3. The van der Waals surface area contributed by atoms with Gasteiger partial charge in [0.2, 0.25) is 0 Å². The summed E-state index contributed by atoms with van der Waals surface area (Å²) in [7, 11) is 0. The largest absolute Gasteiger partial charge is 0.439 e. The van der Waals surface area contributed by atoms with Gasteiger partial charge in [-0.25, -0.2) is 23.6 Å². The van der Waals surface area contributed by atoms with Crippen LogP contribution in [0.4, 0.5) is 76.3 Å². The molecule has 136 heavy (non-hydrogen) atoms. The van der Waals surface area contributed by atoms with Crippen molar-refractivity contribution in [3.8, 4) is 44.5 Å². The fraction of sp³-hybridized carbons (Fsp3) is 0.321. The van der Waals surface area contributed by atoms with Crippen molar-refractivity contribution in [2.24, 2.45) is 0 Å². The van der Waals surface area contributed by atoms with Gasteiger partial charge in [-0.1, -0.05) is 192 Å². The molecule has 0 saturated carbocycles. The van der Waals surface area contributed by atoms with Crippen LogP contribution in [-0.4, -0.2) is 77.7 Å². The van der Waals surface area contributed by atoms with Crippen LogP contribution in [0.15, 0.2) is 232 Å². The normalized spacial score (nSPS) is 18.4. The van der Waals surface area contributed by atoms with E-state index in [0.717, 1.165) is 138 Å². The van der Waals surface area contributed by atoms with Crippen LogP contribution >= 0.6 is 0 Å². The minimum absolute atomic E-state index is 0.186. The Morgan fingerprint density at radius 2 is 0.684 bits per heavy atom. The van der Waals surface area contributed by atoms with Gasteiger partial charge in [-0.2, -0.15) is 52.7 Å². The van der Waals surface area contributed by atoms with Crippen molar-refractivity contribution in [3.63, 3.8) is 0 Å². The molecule has 4 aliphatic heterocycles. The number of carbonyl (C=O) groups is 4. The summed E-state index contributed by atoms with van der Waals surface area (Å²) in [6.07, 6.45) is -15.4. The second kappa shape index (κ2) is 40.3. The molecular weight excluding hydrogens is 1770 g/mol. The number of cyclic esters (lactones) is 4. The summed E-state index contributed by atoms with van der Waals surface area (Å²) in [5.41, 5.74) is 18.1.